The second kappa shape index (κ2) is 11.1. The molecule has 5 nitrogen and oxygen atoms in total. The molecule has 0 amide bonds. The lowest BCUT2D eigenvalue weighted by Gasteiger charge is -2.38. The number of aliphatic carboxylic acids is 1. The average Bonchev–Trinajstić information content (AvgIpc) is 2.81. The van der Waals surface area contributed by atoms with Crippen LogP contribution in [0.1, 0.15) is 58.4 Å². The number of halogens is 1. The van der Waals surface area contributed by atoms with Crippen LogP contribution in [-0.2, 0) is 14.9 Å². The second-order valence-electron chi connectivity index (χ2n) is 8.55. The van der Waals surface area contributed by atoms with E-state index < -0.39 is 11.4 Å². The van der Waals surface area contributed by atoms with Gasteiger partial charge >= 0.3 is 5.97 Å². The predicted molar refractivity (Wildman–Crippen MR) is 133 cm³/mol. The summed E-state index contributed by atoms with van der Waals surface area (Å²) in [6.45, 7) is 8.79. The molecule has 2 aromatic rings. The summed E-state index contributed by atoms with van der Waals surface area (Å²) in [5.74, 6) is -0.762. The number of carbonyl (C=O) groups is 1. The summed E-state index contributed by atoms with van der Waals surface area (Å²) in [6, 6.07) is 14.5. The van der Waals surface area contributed by atoms with Gasteiger partial charge in [-0.05, 0) is 74.6 Å². The van der Waals surface area contributed by atoms with Gasteiger partial charge in [0.2, 0.25) is 0 Å². The summed E-state index contributed by atoms with van der Waals surface area (Å²) in [5.41, 5.74) is 3.75. The Labute approximate surface area is 196 Å². The van der Waals surface area contributed by atoms with Crippen molar-refractivity contribution in [2.45, 2.75) is 64.3 Å². The molecule has 2 N–H and O–H groups in total. The van der Waals surface area contributed by atoms with E-state index in [1.807, 2.05) is 24.3 Å². The largest absolute Gasteiger partial charge is 0.481 e. The van der Waals surface area contributed by atoms with Crippen LogP contribution < -0.4 is 10.2 Å². The first-order valence-corrected chi connectivity index (χ1v) is 12.0. The highest BCUT2D eigenvalue weighted by Crippen LogP contribution is 2.41. The normalized spacial score (nSPS) is 14.9. The number of hydrogen-bond donors (Lipinski definition) is 2. The van der Waals surface area contributed by atoms with Gasteiger partial charge in [-0.1, -0.05) is 31.5 Å². The Kier molecular flexibility index (Phi) is 8.44. The van der Waals surface area contributed by atoms with Crippen LogP contribution in [0.4, 0.5) is 17.1 Å². The van der Waals surface area contributed by atoms with E-state index in [2.05, 4.69) is 49.2 Å². The molecule has 0 spiro atoms. The van der Waals surface area contributed by atoms with Crippen molar-refractivity contribution in [1.29, 1.82) is 0 Å². The lowest BCUT2D eigenvalue weighted by Crippen LogP contribution is -2.39. The maximum absolute atomic E-state index is 11.7. The molecule has 3 rings (SSSR count). The number of nitrogens with zero attached hydrogens (tertiary/aromatic N) is 1. The molecule has 174 valence electrons. The molecule has 32 heavy (non-hydrogen) atoms. The van der Waals surface area contributed by atoms with E-state index in [-0.39, 0.29) is 6.42 Å². The lowest BCUT2D eigenvalue weighted by atomic mass is 9.73. The topological polar surface area (TPSA) is 61.8 Å². The van der Waals surface area contributed by atoms with Gasteiger partial charge < -0.3 is 20.1 Å². The fourth-order valence-corrected chi connectivity index (χ4v) is 4.95. The Balaban J connectivity index is 2.07. The van der Waals surface area contributed by atoms with Gasteiger partial charge in [0.25, 0.3) is 0 Å². The number of hydrogen-bond acceptors (Lipinski definition) is 4. The van der Waals surface area contributed by atoms with Gasteiger partial charge in [0, 0.05) is 41.9 Å². The minimum Gasteiger partial charge on any atom is -0.481 e. The number of benzene rings is 2. The molecule has 0 unspecified atom stereocenters. The van der Waals surface area contributed by atoms with E-state index in [1.54, 1.807) is 0 Å². The van der Waals surface area contributed by atoms with Crippen molar-refractivity contribution in [3.05, 3.63) is 53.1 Å². The SMILES string of the molecule is CCN(c1ccc(C(CC)(CC)CC(=O)O)cc1Nc1ccc(Cl)cc1)C1CCOCC1. The van der Waals surface area contributed by atoms with Crippen molar-refractivity contribution in [2.75, 3.05) is 30.0 Å². The van der Waals surface area contributed by atoms with Crippen LogP contribution in [0.3, 0.4) is 0 Å². The van der Waals surface area contributed by atoms with Gasteiger partial charge in [0.1, 0.15) is 0 Å². The summed E-state index contributed by atoms with van der Waals surface area (Å²) in [6.07, 6.45) is 3.67. The zero-order valence-electron chi connectivity index (χ0n) is 19.4. The highest BCUT2D eigenvalue weighted by molar-refractivity contribution is 6.30. The Morgan fingerprint density at radius 2 is 1.78 bits per heavy atom. The van der Waals surface area contributed by atoms with E-state index in [9.17, 15) is 9.90 Å². The molecule has 0 aromatic heterocycles. The highest BCUT2D eigenvalue weighted by Gasteiger charge is 2.32. The molecule has 6 heteroatoms. The molecule has 1 aliphatic rings. The monoisotopic (exact) mass is 458 g/mol. The smallest absolute Gasteiger partial charge is 0.304 e. The third-order valence-corrected chi connectivity index (χ3v) is 7.11. The summed E-state index contributed by atoms with van der Waals surface area (Å²) in [7, 11) is 0. The van der Waals surface area contributed by atoms with Gasteiger partial charge in [0.05, 0.1) is 17.8 Å². The maximum atomic E-state index is 11.7. The van der Waals surface area contributed by atoms with Crippen molar-refractivity contribution in [1.82, 2.24) is 0 Å². The van der Waals surface area contributed by atoms with Crippen LogP contribution in [0.25, 0.3) is 0 Å². The first kappa shape index (κ1) is 24.4. The molecule has 1 saturated heterocycles. The fourth-order valence-electron chi connectivity index (χ4n) is 4.83. The van der Waals surface area contributed by atoms with Gasteiger partial charge in [-0.3, -0.25) is 4.79 Å². The molecule has 0 radical (unpaired) electrons. The highest BCUT2D eigenvalue weighted by atomic mass is 35.5. The summed E-state index contributed by atoms with van der Waals surface area (Å²) in [4.78, 5) is 14.1. The zero-order chi connectivity index (χ0) is 23.1. The fraction of sp³-hybridized carbons (Fsp3) is 0.500. The quantitative estimate of drug-likeness (QED) is 0.418. The minimum atomic E-state index is -0.762. The predicted octanol–water partition coefficient (Wildman–Crippen LogP) is 6.62. The standard InChI is InChI=1S/C26H35ClN2O3/c1-4-26(5-2,18-25(30)31)19-7-12-24(29(6-3)22-13-15-32-16-14-22)23(17-19)28-21-10-8-20(27)9-11-21/h7-12,17,22,28H,4-6,13-16,18H2,1-3H3,(H,30,31). The number of carboxylic acids is 1. The minimum absolute atomic E-state index is 0.122. The lowest BCUT2D eigenvalue weighted by molar-refractivity contribution is -0.138. The summed E-state index contributed by atoms with van der Waals surface area (Å²) < 4.78 is 5.59. The van der Waals surface area contributed by atoms with Crippen molar-refractivity contribution in [2.24, 2.45) is 0 Å². The van der Waals surface area contributed by atoms with Crippen LogP contribution in [0, 0.1) is 0 Å². The van der Waals surface area contributed by atoms with Crippen molar-refractivity contribution < 1.29 is 14.6 Å². The van der Waals surface area contributed by atoms with Crippen molar-refractivity contribution in [3.8, 4) is 0 Å². The van der Waals surface area contributed by atoms with E-state index in [1.165, 1.54) is 0 Å². The molecule has 0 bridgehead atoms. The van der Waals surface area contributed by atoms with E-state index in [4.69, 9.17) is 16.3 Å². The number of ether oxygens (including phenoxy) is 1. The molecule has 0 saturated carbocycles. The Morgan fingerprint density at radius 1 is 1.12 bits per heavy atom. The van der Waals surface area contributed by atoms with Gasteiger partial charge in [-0.2, -0.15) is 0 Å². The summed E-state index contributed by atoms with van der Waals surface area (Å²) >= 11 is 6.09. The van der Waals surface area contributed by atoms with Crippen LogP contribution in [0.15, 0.2) is 42.5 Å². The first-order chi connectivity index (χ1) is 15.4. The van der Waals surface area contributed by atoms with Crippen molar-refractivity contribution in [3.63, 3.8) is 0 Å². The van der Waals surface area contributed by atoms with Crippen molar-refractivity contribution >= 4 is 34.6 Å². The number of carboxylic acid groups (broad SMARTS) is 1. The van der Waals surface area contributed by atoms with Crippen LogP contribution in [-0.4, -0.2) is 36.9 Å². The molecule has 1 fully saturated rings. The number of anilines is 3. The Bertz CT molecular complexity index is 890. The van der Waals surface area contributed by atoms with Gasteiger partial charge in [0.15, 0.2) is 0 Å². The Morgan fingerprint density at radius 3 is 2.34 bits per heavy atom. The number of nitrogens with one attached hydrogen (secondary N) is 1. The third kappa shape index (κ3) is 5.57. The van der Waals surface area contributed by atoms with Crippen LogP contribution >= 0.6 is 11.6 Å². The molecule has 1 heterocycles. The number of rotatable bonds is 10. The van der Waals surface area contributed by atoms with Gasteiger partial charge in [-0.25, -0.2) is 0 Å². The average molecular weight is 459 g/mol. The molecule has 0 atom stereocenters. The van der Waals surface area contributed by atoms with Gasteiger partial charge in [-0.15, -0.1) is 0 Å². The maximum Gasteiger partial charge on any atom is 0.304 e. The van der Waals surface area contributed by atoms with E-state index in [0.717, 1.165) is 68.1 Å². The summed E-state index contributed by atoms with van der Waals surface area (Å²) in [5, 5.41) is 13.9. The third-order valence-electron chi connectivity index (χ3n) is 6.86. The first-order valence-electron chi connectivity index (χ1n) is 11.7. The molecule has 1 aliphatic heterocycles. The van der Waals surface area contributed by atoms with Crippen LogP contribution in [0.2, 0.25) is 5.02 Å². The molecule has 0 aliphatic carbocycles. The van der Waals surface area contributed by atoms with E-state index in [0.29, 0.717) is 11.1 Å². The second-order valence-corrected chi connectivity index (χ2v) is 8.99. The van der Waals surface area contributed by atoms with Crippen LogP contribution in [0.5, 0.6) is 0 Å². The molecular weight excluding hydrogens is 424 g/mol. The molecular formula is C26H35ClN2O3. The van der Waals surface area contributed by atoms with E-state index >= 15 is 0 Å². The Hall–Kier alpha value is -2.24. The zero-order valence-corrected chi connectivity index (χ0v) is 20.1. The molecule has 2 aromatic carbocycles.